The molecule has 102 valence electrons. The molecule has 2 rings (SSSR count). The Kier molecular flexibility index (Phi) is 4.82. The lowest BCUT2D eigenvalue weighted by molar-refractivity contribution is 0.199. The van der Waals surface area contributed by atoms with Gasteiger partial charge in [0.1, 0.15) is 0 Å². The summed E-state index contributed by atoms with van der Waals surface area (Å²) in [4.78, 5) is 4.15. The summed E-state index contributed by atoms with van der Waals surface area (Å²) in [6, 6.07) is 5.02. The van der Waals surface area contributed by atoms with E-state index in [-0.39, 0.29) is 0 Å². The fourth-order valence-electron chi connectivity index (χ4n) is 2.50. The normalized spacial score (nSPS) is 22.9. The van der Waals surface area contributed by atoms with Crippen LogP contribution in [-0.2, 0) is 6.42 Å². The highest BCUT2D eigenvalue weighted by Crippen LogP contribution is 2.22. The topological polar surface area (TPSA) is 15.3 Å². The van der Waals surface area contributed by atoms with E-state index >= 15 is 0 Å². The highest BCUT2D eigenvalue weighted by molar-refractivity contribution is 7.09. The number of thiophene rings is 1. The Morgan fingerprint density at radius 3 is 2.94 bits per heavy atom. The number of nitrogens with one attached hydrogen (secondary N) is 1. The molecule has 1 aromatic rings. The van der Waals surface area contributed by atoms with Crippen molar-refractivity contribution in [2.24, 2.45) is 5.41 Å². The maximum absolute atomic E-state index is 3.71. The van der Waals surface area contributed by atoms with E-state index in [9.17, 15) is 0 Å². The molecule has 1 aliphatic heterocycles. The van der Waals surface area contributed by atoms with Crippen LogP contribution in [0.4, 0.5) is 0 Å². The summed E-state index contributed by atoms with van der Waals surface area (Å²) in [5, 5.41) is 5.88. The Morgan fingerprint density at radius 2 is 2.28 bits per heavy atom. The largest absolute Gasteiger partial charge is 0.312 e. The zero-order chi connectivity index (χ0) is 13.0. The number of hydrogen-bond donors (Lipinski definition) is 1. The summed E-state index contributed by atoms with van der Waals surface area (Å²) >= 11 is 1.88. The first-order valence-electron chi connectivity index (χ1n) is 7.04. The van der Waals surface area contributed by atoms with Crippen molar-refractivity contribution in [2.45, 2.75) is 39.7 Å². The standard InChI is InChI=1S/C15H26N2S/c1-15(2,3)14-12-17(9-5-8-16-14)10-7-13-6-4-11-18-13/h4,6,11,14,16H,5,7-10,12H2,1-3H3. The van der Waals surface area contributed by atoms with Crippen LogP contribution in [0.2, 0.25) is 0 Å². The molecule has 1 N–H and O–H groups in total. The lowest BCUT2D eigenvalue weighted by Gasteiger charge is -2.33. The Hall–Kier alpha value is -0.380. The van der Waals surface area contributed by atoms with Gasteiger partial charge in [-0.15, -0.1) is 11.3 Å². The van der Waals surface area contributed by atoms with Gasteiger partial charge in [-0.2, -0.15) is 0 Å². The zero-order valence-electron chi connectivity index (χ0n) is 11.9. The SMILES string of the molecule is CC(C)(C)C1CN(CCc2cccs2)CCCN1. The number of nitrogens with zero attached hydrogens (tertiary/aromatic N) is 1. The molecule has 1 aliphatic rings. The van der Waals surface area contributed by atoms with Gasteiger partial charge in [-0.05, 0) is 42.8 Å². The molecule has 1 atom stereocenters. The minimum Gasteiger partial charge on any atom is -0.312 e. The van der Waals surface area contributed by atoms with Gasteiger partial charge in [-0.1, -0.05) is 26.8 Å². The lowest BCUT2D eigenvalue weighted by Crippen LogP contribution is -2.46. The Morgan fingerprint density at radius 1 is 1.44 bits per heavy atom. The van der Waals surface area contributed by atoms with Crippen molar-refractivity contribution in [3.63, 3.8) is 0 Å². The van der Waals surface area contributed by atoms with Gasteiger partial charge >= 0.3 is 0 Å². The van der Waals surface area contributed by atoms with Crippen LogP contribution >= 0.6 is 11.3 Å². The summed E-state index contributed by atoms with van der Waals surface area (Å²) in [5.74, 6) is 0. The molecule has 0 bridgehead atoms. The minimum atomic E-state index is 0.353. The quantitative estimate of drug-likeness (QED) is 0.905. The van der Waals surface area contributed by atoms with Gasteiger partial charge in [0.15, 0.2) is 0 Å². The highest BCUT2D eigenvalue weighted by atomic mass is 32.1. The first kappa shape index (κ1) is 14.0. The van der Waals surface area contributed by atoms with Crippen molar-refractivity contribution in [1.82, 2.24) is 10.2 Å². The molecule has 1 unspecified atom stereocenters. The van der Waals surface area contributed by atoms with Crippen molar-refractivity contribution >= 4 is 11.3 Å². The molecule has 0 saturated carbocycles. The summed E-state index contributed by atoms with van der Waals surface area (Å²) in [6.07, 6.45) is 2.48. The van der Waals surface area contributed by atoms with Crippen LogP contribution in [0.25, 0.3) is 0 Å². The van der Waals surface area contributed by atoms with Crippen molar-refractivity contribution in [2.75, 3.05) is 26.2 Å². The van der Waals surface area contributed by atoms with Crippen molar-refractivity contribution in [3.05, 3.63) is 22.4 Å². The van der Waals surface area contributed by atoms with Crippen molar-refractivity contribution in [3.8, 4) is 0 Å². The molecule has 0 aromatic carbocycles. The number of hydrogen-bond acceptors (Lipinski definition) is 3. The van der Waals surface area contributed by atoms with Crippen LogP contribution in [-0.4, -0.2) is 37.1 Å². The molecular formula is C15H26N2S. The van der Waals surface area contributed by atoms with Gasteiger partial charge in [0.2, 0.25) is 0 Å². The van der Waals surface area contributed by atoms with Gasteiger partial charge in [0.05, 0.1) is 0 Å². The van der Waals surface area contributed by atoms with Crippen LogP contribution in [0.3, 0.4) is 0 Å². The predicted molar refractivity (Wildman–Crippen MR) is 80.3 cm³/mol. The van der Waals surface area contributed by atoms with E-state index in [1.54, 1.807) is 0 Å². The summed E-state index contributed by atoms with van der Waals surface area (Å²) in [5.41, 5.74) is 0.353. The third-order valence-electron chi connectivity index (χ3n) is 3.78. The molecule has 18 heavy (non-hydrogen) atoms. The molecule has 1 fully saturated rings. The zero-order valence-corrected chi connectivity index (χ0v) is 12.7. The molecule has 2 nitrogen and oxygen atoms in total. The maximum atomic E-state index is 3.71. The van der Waals surface area contributed by atoms with E-state index in [0.29, 0.717) is 11.5 Å². The second-order valence-corrected chi connectivity index (χ2v) is 7.39. The van der Waals surface area contributed by atoms with Crippen LogP contribution in [0, 0.1) is 5.41 Å². The Labute approximate surface area is 115 Å². The van der Waals surface area contributed by atoms with Crippen molar-refractivity contribution < 1.29 is 0 Å². The smallest absolute Gasteiger partial charge is 0.0243 e. The van der Waals surface area contributed by atoms with Crippen LogP contribution in [0.1, 0.15) is 32.1 Å². The molecule has 0 radical (unpaired) electrons. The summed E-state index contributed by atoms with van der Waals surface area (Å²) in [7, 11) is 0. The van der Waals surface area contributed by atoms with E-state index < -0.39 is 0 Å². The summed E-state index contributed by atoms with van der Waals surface area (Å²) in [6.45, 7) is 11.8. The van der Waals surface area contributed by atoms with E-state index in [1.807, 2.05) is 11.3 Å². The molecular weight excluding hydrogens is 240 g/mol. The second-order valence-electron chi connectivity index (χ2n) is 6.36. The average molecular weight is 266 g/mol. The fourth-order valence-corrected chi connectivity index (χ4v) is 3.20. The molecule has 1 aromatic heterocycles. The van der Waals surface area contributed by atoms with E-state index in [1.165, 1.54) is 37.4 Å². The monoisotopic (exact) mass is 266 g/mol. The van der Waals surface area contributed by atoms with E-state index in [2.05, 4.69) is 48.5 Å². The third-order valence-corrected chi connectivity index (χ3v) is 4.72. The van der Waals surface area contributed by atoms with Crippen molar-refractivity contribution in [1.29, 1.82) is 0 Å². The van der Waals surface area contributed by atoms with Gasteiger partial charge in [-0.25, -0.2) is 0 Å². The first-order chi connectivity index (χ1) is 8.55. The Balaban J connectivity index is 1.87. The molecule has 0 aliphatic carbocycles. The van der Waals surface area contributed by atoms with E-state index in [4.69, 9.17) is 0 Å². The third kappa shape index (κ3) is 4.08. The molecule has 0 spiro atoms. The molecule has 3 heteroatoms. The second kappa shape index (κ2) is 6.18. The van der Waals surface area contributed by atoms with Gasteiger partial charge < -0.3 is 10.2 Å². The molecule has 2 heterocycles. The van der Waals surface area contributed by atoms with Crippen LogP contribution in [0.15, 0.2) is 17.5 Å². The van der Waals surface area contributed by atoms with Crippen LogP contribution < -0.4 is 5.32 Å². The Bertz CT molecular complexity index is 340. The van der Waals surface area contributed by atoms with Gasteiger partial charge in [-0.3, -0.25) is 0 Å². The highest BCUT2D eigenvalue weighted by Gasteiger charge is 2.27. The summed E-state index contributed by atoms with van der Waals surface area (Å²) < 4.78 is 0. The average Bonchev–Trinajstić information content (AvgIpc) is 2.69. The van der Waals surface area contributed by atoms with Crippen LogP contribution in [0.5, 0.6) is 0 Å². The van der Waals surface area contributed by atoms with Gasteiger partial charge in [0, 0.05) is 24.0 Å². The minimum absolute atomic E-state index is 0.353. The maximum Gasteiger partial charge on any atom is 0.0243 e. The predicted octanol–water partition coefficient (Wildman–Crippen LogP) is 3.00. The number of rotatable bonds is 3. The van der Waals surface area contributed by atoms with Gasteiger partial charge in [0.25, 0.3) is 0 Å². The molecule has 0 amide bonds. The fraction of sp³-hybridized carbons (Fsp3) is 0.733. The first-order valence-corrected chi connectivity index (χ1v) is 7.92. The lowest BCUT2D eigenvalue weighted by atomic mass is 9.86. The molecule has 1 saturated heterocycles. The van der Waals surface area contributed by atoms with E-state index in [0.717, 1.165) is 6.54 Å².